The average molecular weight is 140 g/mol. The summed E-state index contributed by atoms with van der Waals surface area (Å²) in [6, 6.07) is 0. The van der Waals surface area contributed by atoms with Gasteiger partial charge in [-0.1, -0.05) is 51.5 Å². The predicted octanol–water partition coefficient (Wildman–Crippen LogP) is 3.95. The predicted molar refractivity (Wildman–Crippen MR) is 50.2 cm³/mol. The topological polar surface area (TPSA) is 0 Å². The quantitative estimate of drug-likeness (QED) is 0.521. The summed E-state index contributed by atoms with van der Waals surface area (Å²) < 4.78 is 0. The van der Waals surface area contributed by atoms with Gasteiger partial charge in [0.25, 0.3) is 0 Å². The van der Waals surface area contributed by atoms with Gasteiger partial charge in [0.1, 0.15) is 0 Å². The number of rotatable bonds is 3. The summed E-state index contributed by atoms with van der Waals surface area (Å²) in [6.07, 6.45) is 6.33. The van der Waals surface area contributed by atoms with Gasteiger partial charge in [-0.15, -0.1) is 0 Å². The molecular weight excluding hydrogens is 120 g/mol. The zero-order valence-corrected chi connectivity index (χ0v) is 7.78. The van der Waals surface area contributed by atoms with Crippen molar-refractivity contribution in [2.75, 3.05) is 0 Å². The molecule has 60 valence electrons. The van der Waals surface area contributed by atoms with E-state index < -0.39 is 0 Å². The molecule has 0 aliphatic rings. The third-order valence-corrected chi connectivity index (χ3v) is 1.05. The lowest BCUT2D eigenvalue weighted by Crippen LogP contribution is -1.71. The van der Waals surface area contributed by atoms with Gasteiger partial charge < -0.3 is 0 Å². The lowest BCUT2D eigenvalue weighted by molar-refractivity contribution is 0.906. The van der Waals surface area contributed by atoms with Crippen molar-refractivity contribution >= 4 is 0 Å². The van der Waals surface area contributed by atoms with Crippen molar-refractivity contribution in [3.05, 3.63) is 24.3 Å². The summed E-state index contributed by atoms with van der Waals surface area (Å²) >= 11 is 0. The molecule has 0 N–H and O–H groups in total. The van der Waals surface area contributed by atoms with Gasteiger partial charge in [-0.2, -0.15) is 0 Å². The monoisotopic (exact) mass is 140 g/mol. The number of allylic oxidation sites excluding steroid dienone is 3. The van der Waals surface area contributed by atoms with E-state index in [0.717, 1.165) is 0 Å². The van der Waals surface area contributed by atoms with E-state index in [1.165, 1.54) is 18.4 Å². The molecule has 0 nitrogen and oxygen atoms in total. The van der Waals surface area contributed by atoms with Crippen LogP contribution >= 0.6 is 0 Å². The van der Waals surface area contributed by atoms with Crippen LogP contribution in [0, 0.1) is 0 Å². The molecule has 0 heterocycles. The SMILES string of the molecule is C=C/C=C(/C)CCC.CC. The van der Waals surface area contributed by atoms with Crippen molar-refractivity contribution in [2.45, 2.75) is 40.5 Å². The maximum atomic E-state index is 3.61. The summed E-state index contributed by atoms with van der Waals surface area (Å²) in [7, 11) is 0. The molecular formula is C10H20. The van der Waals surface area contributed by atoms with E-state index in [1.54, 1.807) is 0 Å². The summed E-state index contributed by atoms with van der Waals surface area (Å²) in [6.45, 7) is 11.9. The minimum Gasteiger partial charge on any atom is -0.0991 e. The van der Waals surface area contributed by atoms with Crippen molar-refractivity contribution < 1.29 is 0 Å². The van der Waals surface area contributed by atoms with E-state index in [1.807, 2.05) is 19.9 Å². The highest BCUT2D eigenvalue weighted by Gasteiger charge is 1.80. The summed E-state index contributed by atoms with van der Waals surface area (Å²) in [5, 5.41) is 0. The highest BCUT2D eigenvalue weighted by Crippen LogP contribution is 2.01. The summed E-state index contributed by atoms with van der Waals surface area (Å²) in [5.74, 6) is 0. The highest BCUT2D eigenvalue weighted by molar-refractivity contribution is 5.07. The van der Waals surface area contributed by atoms with Crippen LogP contribution < -0.4 is 0 Å². The van der Waals surface area contributed by atoms with E-state index in [-0.39, 0.29) is 0 Å². The van der Waals surface area contributed by atoms with Gasteiger partial charge in [-0.05, 0) is 13.3 Å². The Morgan fingerprint density at radius 1 is 1.40 bits per heavy atom. The Labute approximate surface area is 65.7 Å². The maximum absolute atomic E-state index is 3.61. The zero-order chi connectivity index (χ0) is 8.41. The molecule has 0 aromatic heterocycles. The third kappa shape index (κ3) is 10.5. The fraction of sp³-hybridized carbons (Fsp3) is 0.600. The lowest BCUT2D eigenvalue weighted by Gasteiger charge is -1.91. The largest absolute Gasteiger partial charge is 0.0991 e. The Bertz CT molecular complexity index is 88.2. The van der Waals surface area contributed by atoms with Gasteiger partial charge in [0.15, 0.2) is 0 Å². The minimum absolute atomic E-state index is 1.20. The molecule has 10 heavy (non-hydrogen) atoms. The first-order valence-electron chi connectivity index (χ1n) is 4.09. The van der Waals surface area contributed by atoms with Gasteiger partial charge in [-0.3, -0.25) is 0 Å². The summed E-state index contributed by atoms with van der Waals surface area (Å²) in [5.41, 5.74) is 1.42. The lowest BCUT2D eigenvalue weighted by atomic mass is 10.2. The molecule has 0 aliphatic carbocycles. The molecule has 0 spiro atoms. The first kappa shape index (κ1) is 12.2. The molecule has 0 amide bonds. The Hall–Kier alpha value is -0.520. The van der Waals surface area contributed by atoms with E-state index in [0.29, 0.717) is 0 Å². The first-order valence-corrected chi connectivity index (χ1v) is 4.09. The molecule has 0 heteroatoms. The van der Waals surface area contributed by atoms with Crippen molar-refractivity contribution in [2.24, 2.45) is 0 Å². The molecule has 0 aromatic rings. The van der Waals surface area contributed by atoms with Gasteiger partial charge >= 0.3 is 0 Å². The van der Waals surface area contributed by atoms with Gasteiger partial charge in [0, 0.05) is 0 Å². The molecule has 0 aliphatic heterocycles. The normalized spacial score (nSPS) is 9.80. The molecule has 0 aromatic carbocycles. The van der Waals surface area contributed by atoms with Crippen LogP contribution in [0.5, 0.6) is 0 Å². The average Bonchev–Trinajstić information content (AvgIpc) is 1.93. The van der Waals surface area contributed by atoms with Crippen LogP contribution in [0.25, 0.3) is 0 Å². The molecule has 0 saturated heterocycles. The smallest absolute Gasteiger partial charge is 0.0323 e. The number of hydrogen-bond acceptors (Lipinski definition) is 0. The zero-order valence-electron chi connectivity index (χ0n) is 7.78. The van der Waals surface area contributed by atoms with Crippen molar-refractivity contribution in [1.29, 1.82) is 0 Å². The van der Waals surface area contributed by atoms with E-state index >= 15 is 0 Å². The van der Waals surface area contributed by atoms with Gasteiger partial charge in [0.05, 0.1) is 0 Å². The Morgan fingerprint density at radius 2 is 1.90 bits per heavy atom. The highest BCUT2D eigenvalue weighted by atomic mass is 13.9. The van der Waals surface area contributed by atoms with Crippen LogP contribution in [0.1, 0.15) is 40.5 Å². The maximum Gasteiger partial charge on any atom is -0.0323 e. The van der Waals surface area contributed by atoms with Gasteiger partial charge in [-0.25, -0.2) is 0 Å². The van der Waals surface area contributed by atoms with Crippen molar-refractivity contribution in [3.63, 3.8) is 0 Å². The molecule has 0 saturated carbocycles. The van der Waals surface area contributed by atoms with Crippen LogP contribution in [-0.4, -0.2) is 0 Å². The van der Waals surface area contributed by atoms with Crippen LogP contribution in [-0.2, 0) is 0 Å². The van der Waals surface area contributed by atoms with Crippen LogP contribution in [0.4, 0.5) is 0 Å². The van der Waals surface area contributed by atoms with Gasteiger partial charge in [0.2, 0.25) is 0 Å². The number of hydrogen-bond donors (Lipinski definition) is 0. The third-order valence-electron chi connectivity index (χ3n) is 1.05. The first-order chi connectivity index (χ1) is 4.81. The molecule has 0 unspecified atom stereocenters. The fourth-order valence-corrected chi connectivity index (χ4v) is 0.679. The second-order valence-corrected chi connectivity index (χ2v) is 2.00. The molecule has 0 radical (unpaired) electrons. The fourth-order valence-electron chi connectivity index (χ4n) is 0.679. The second-order valence-electron chi connectivity index (χ2n) is 2.00. The Kier molecular flexibility index (Phi) is 13.8. The van der Waals surface area contributed by atoms with E-state index in [4.69, 9.17) is 0 Å². The molecule has 0 fully saturated rings. The van der Waals surface area contributed by atoms with Crippen LogP contribution in [0.15, 0.2) is 24.3 Å². The molecule has 0 atom stereocenters. The molecule has 0 bridgehead atoms. The second kappa shape index (κ2) is 11.3. The summed E-state index contributed by atoms with van der Waals surface area (Å²) in [4.78, 5) is 0. The van der Waals surface area contributed by atoms with Crippen LogP contribution in [0.3, 0.4) is 0 Å². The molecule has 0 rings (SSSR count). The Balaban J connectivity index is 0. The van der Waals surface area contributed by atoms with Crippen molar-refractivity contribution in [3.8, 4) is 0 Å². The standard InChI is InChI=1S/C8H14.C2H6/c1-4-6-8(3)7-5-2;1-2/h4,6H,1,5,7H2,2-3H3;1-2H3/b8-6-;. The van der Waals surface area contributed by atoms with E-state index in [2.05, 4.69) is 26.5 Å². The van der Waals surface area contributed by atoms with Crippen LogP contribution in [0.2, 0.25) is 0 Å². The van der Waals surface area contributed by atoms with Crippen molar-refractivity contribution in [1.82, 2.24) is 0 Å². The Morgan fingerprint density at radius 3 is 2.20 bits per heavy atom. The van der Waals surface area contributed by atoms with E-state index in [9.17, 15) is 0 Å². The minimum atomic E-state index is 1.20.